The Labute approximate surface area is 118 Å². The molecule has 1 saturated heterocycles. The van der Waals surface area contributed by atoms with Gasteiger partial charge < -0.3 is 9.47 Å². The maximum absolute atomic E-state index is 11.8. The van der Waals surface area contributed by atoms with Crippen LogP contribution in [0.2, 0.25) is 0 Å². The number of rotatable bonds is 3. The predicted molar refractivity (Wildman–Crippen MR) is 73.0 cm³/mol. The molecular weight excluding hydrogens is 280 g/mol. The molecule has 3 rings (SSSR count). The molecule has 2 aliphatic rings. The summed E-state index contributed by atoms with van der Waals surface area (Å²) in [7, 11) is -3.19. The van der Waals surface area contributed by atoms with E-state index < -0.39 is 10.0 Å². The Kier molecular flexibility index (Phi) is 3.66. The van der Waals surface area contributed by atoms with Crippen LogP contribution >= 0.6 is 0 Å². The van der Waals surface area contributed by atoms with Gasteiger partial charge in [0.15, 0.2) is 0 Å². The van der Waals surface area contributed by atoms with Gasteiger partial charge in [-0.25, -0.2) is 13.4 Å². The Hall–Kier alpha value is -1.18. The average Bonchev–Trinajstić information content (AvgIpc) is 2.82. The molecule has 6 nitrogen and oxygen atoms in total. The summed E-state index contributed by atoms with van der Waals surface area (Å²) < 4.78 is 36.8. The summed E-state index contributed by atoms with van der Waals surface area (Å²) in [4.78, 5) is 4.14. The van der Waals surface area contributed by atoms with Gasteiger partial charge in [-0.15, -0.1) is 0 Å². The molecule has 1 aliphatic heterocycles. The van der Waals surface area contributed by atoms with Crippen molar-refractivity contribution in [1.82, 2.24) is 9.29 Å². The molecule has 20 heavy (non-hydrogen) atoms. The lowest BCUT2D eigenvalue weighted by atomic mass is 10.1. The molecule has 3 atom stereocenters. The molecule has 110 valence electrons. The maximum atomic E-state index is 11.8. The fraction of sp³-hybridized carbons (Fsp3) is 0.615. The second-order valence-corrected chi connectivity index (χ2v) is 7.11. The molecule has 0 radical (unpaired) electrons. The van der Waals surface area contributed by atoms with Gasteiger partial charge in [0, 0.05) is 18.8 Å². The van der Waals surface area contributed by atoms with Gasteiger partial charge in [-0.1, -0.05) is 6.07 Å². The van der Waals surface area contributed by atoms with Crippen molar-refractivity contribution in [3.63, 3.8) is 0 Å². The van der Waals surface area contributed by atoms with Crippen LogP contribution in [0.25, 0.3) is 0 Å². The van der Waals surface area contributed by atoms with E-state index in [9.17, 15) is 8.42 Å². The maximum Gasteiger partial charge on any atom is 0.213 e. The number of fused-ring (bicyclic) bond motifs is 1. The van der Waals surface area contributed by atoms with Gasteiger partial charge in [-0.3, -0.25) is 0 Å². The quantitative estimate of drug-likeness (QED) is 0.819. The lowest BCUT2D eigenvalue weighted by Crippen LogP contribution is -2.53. The third-order valence-electron chi connectivity index (χ3n) is 3.82. The van der Waals surface area contributed by atoms with E-state index in [-0.39, 0.29) is 18.2 Å². The van der Waals surface area contributed by atoms with Crippen LogP contribution in [-0.4, -0.2) is 55.4 Å². The summed E-state index contributed by atoms with van der Waals surface area (Å²) >= 11 is 0. The molecule has 1 aromatic rings. The molecule has 1 saturated carbocycles. The van der Waals surface area contributed by atoms with E-state index in [0.717, 1.165) is 12.8 Å². The zero-order valence-electron chi connectivity index (χ0n) is 11.3. The van der Waals surface area contributed by atoms with Gasteiger partial charge in [0.1, 0.15) is 12.2 Å². The van der Waals surface area contributed by atoms with Crippen molar-refractivity contribution < 1.29 is 17.9 Å². The summed E-state index contributed by atoms with van der Waals surface area (Å²) in [6, 6.07) is 5.36. The second-order valence-electron chi connectivity index (χ2n) is 5.18. The van der Waals surface area contributed by atoms with Crippen LogP contribution in [0.3, 0.4) is 0 Å². The fourth-order valence-electron chi connectivity index (χ4n) is 2.99. The summed E-state index contributed by atoms with van der Waals surface area (Å²) in [5, 5.41) is 0. The lowest BCUT2D eigenvalue weighted by molar-refractivity contribution is -0.0666. The minimum absolute atomic E-state index is 0.118. The third-order valence-corrected chi connectivity index (χ3v) is 5.13. The molecule has 7 heteroatoms. The molecule has 2 fully saturated rings. The topological polar surface area (TPSA) is 68.7 Å². The molecule has 0 spiro atoms. The van der Waals surface area contributed by atoms with Crippen molar-refractivity contribution in [2.75, 3.05) is 19.4 Å². The highest BCUT2D eigenvalue weighted by Crippen LogP contribution is 2.33. The summed E-state index contributed by atoms with van der Waals surface area (Å²) in [5.74, 6) is 0.554. The molecular formula is C13H18N2O4S. The van der Waals surface area contributed by atoms with Crippen molar-refractivity contribution in [3.05, 3.63) is 24.4 Å². The van der Waals surface area contributed by atoms with Crippen LogP contribution in [0.1, 0.15) is 12.8 Å². The second kappa shape index (κ2) is 5.31. The largest absolute Gasteiger partial charge is 0.472 e. The van der Waals surface area contributed by atoms with Crippen molar-refractivity contribution in [3.8, 4) is 5.88 Å². The molecule has 1 aliphatic carbocycles. The number of ether oxygens (including phenoxy) is 2. The number of hydrogen-bond donors (Lipinski definition) is 0. The first-order valence-electron chi connectivity index (χ1n) is 6.72. The van der Waals surface area contributed by atoms with Crippen molar-refractivity contribution in [2.24, 2.45) is 0 Å². The van der Waals surface area contributed by atoms with E-state index in [0.29, 0.717) is 19.0 Å². The molecule has 0 N–H and O–H groups in total. The normalized spacial score (nSPS) is 30.9. The van der Waals surface area contributed by atoms with Crippen LogP contribution in [0.15, 0.2) is 24.4 Å². The van der Waals surface area contributed by atoms with Crippen LogP contribution < -0.4 is 4.74 Å². The van der Waals surface area contributed by atoms with Gasteiger partial charge in [0.25, 0.3) is 0 Å². The highest BCUT2D eigenvalue weighted by Gasteiger charge is 2.46. The minimum Gasteiger partial charge on any atom is -0.472 e. The summed E-state index contributed by atoms with van der Waals surface area (Å²) in [5.41, 5.74) is 0. The van der Waals surface area contributed by atoms with Crippen LogP contribution in [0.4, 0.5) is 0 Å². The Morgan fingerprint density at radius 1 is 1.40 bits per heavy atom. The summed E-state index contributed by atoms with van der Waals surface area (Å²) in [6.07, 6.45) is 4.11. The lowest BCUT2D eigenvalue weighted by Gasteiger charge is -2.37. The number of hydrogen-bond acceptors (Lipinski definition) is 5. The Morgan fingerprint density at radius 2 is 2.25 bits per heavy atom. The molecule has 0 aromatic carbocycles. The number of morpholine rings is 1. The number of aromatic nitrogens is 1. The van der Waals surface area contributed by atoms with Gasteiger partial charge in [0.2, 0.25) is 15.9 Å². The summed E-state index contributed by atoms with van der Waals surface area (Å²) in [6.45, 7) is 0.840. The van der Waals surface area contributed by atoms with E-state index in [1.165, 1.54) is 6.26 Å². The first-order chi connectivity index (χ1) is 9.55. The van der Waals surface area contributed by atoms with Gasteiger partial charge in [-0.05, 0) is 18.9 Å². The number of sulfonamides is 1. The van der Waals surface area contributed by atoms with Crippen molar-refractivity contribution >= 4 is 10.0 Å². The monoisotopic (exact) mass is 298 g/mol. The first kappa shape index (κ1) is 13.8. The van der Waals surface area contributed by atoms with Gasteiger partial charge >= 0.3 is 0 Å². The molecule has 0 amide bonds. The first-order valence-corrected chi connectivity index (χ1v) is 8.56. The highest BCUT2D eigenvalue weighted by molar-refractivity contribution is 7.88. The molecule has 0 unspecified atom stereocenters. The van der Waals surface area contributed by atoms with E-state index in [4.69, 9.17) is 9.47 Å². The zero-order valence-corrected chi connectivity index (χ0v) is 12.1. The van der Waals surface area contributed by atoms with Crippen molar-refractivity contribution in [2.45, 2.75) is 31.1 Å². The highest BCUT2D eigenvalue weighted by atomic mass is 32.2. The van der Waals surface area contributed by atoms with E-state index in [2.05, 4.69) is 4.98 Å². The van der Waals surface area contributed by atoms with E-state index >= 15 is 0 Å². The number of pyridine rings is 1. The Morgan fingerprint density at radius 3 is 2.95 bits per heavy atom. The van der Waals surface area contributed by atoms with Crippen LogP contribution in [-0.2, 0) is 14.8 Å². The fourth-order valence-corrected chi connectivity index (χ4v) is 4.12. The SMILES string of the molecule is CS(=O)(=O)N1CCO[C@H]2[C@H]1CC[C@H]2Oc1ccccn1. The predicted octanol–water partition coefficient (Wildman–Crippen LogP) is 0.652. The average molecular weight is 298 g/mol. The third kappa shape index (κ3) is 2.65. The van der Waals surface area contributed by atoms with Crippen LogP contribution in [0, 0.1) is 0 Å². The molecule has 1 aromatic heterocycles. The Balaban J connectivity index is 1.75. The van der Waals surface area contributed by atoms with E-state index in [1.54, 1.807) is 16.6 Å². The minimum atomic E-state index is -3.19. The Bertz CT molecular complexity index is 563. The molecule has 0 bridgehead atoms. The smallest absolute Gasteiger partial charge is 0.213 e. The van der Waals surface area contributed by atoms with Gasteiger partial charge in [-0.2, -0.15) is 4.31 Å². The number of nitrogens with zero attached hydrogens (tertiary/aromatic N) is 2. The van der Waals surface area contributed by atoms with Crippen LogP contribution in [0.5, 0.6) is 5.88 Å². The zero-order chi connectivity index (χ0) is 14.2. The molecule has 2 heterocycles. The van der Waals surface area contributed by atoms with Gasteiger partial charge in [0.05, 0.1) is 18.9 Å². The van der Waals surface area contributed by atoms with Crippen molar-refractivity contribution in [1.29, 1.82) is 0 Å². The standard InChI is InChI=1S/C13H18N2O4S/c1-20(16,17)15-8-9-18-13-10(15)5-6-11(13)19-12-4-2-3-7-14-12/h2-4,7,10-11,13H,5-6,8-9H2,1H3/t10-,11-,13+/m1/s1. The van der Waals surface area contributed by atoms with E-state index in [1.807, 2.05) is 12.1 Å².